The molecule has 3 heterocycles. The first kappa shape index (κ1) is 11.2. The Labute approximate surface area is 115 Å². The number of H-pyrrole nitrogens is 2. The first-order chi connectivity index (χ1) is 9.86. The number of aromatic nitrogens is 5. The molecule has 0 atom stereocenters. The lowest BCUT2D eigenvalue weighted by Gasteiger charge is -2.08. The monoisotopic (exact) mass is 263 g/mol. The van der Waals surface area contributed by atoms with Gasteiger partial charge >= 0.3 is 0 Å². The van der Waals surface area contributed by atoms with E-state index in [4.69, 9.17) is 4.98 Å². The minimum atomic E-state index is 0.950. The van der Waals surface area contributed by atoms with Crippen LogP contribution in [-0.2, 0) is 6.42 Å². The second kappa shape index (κ2) is 4.16. The van der Waals surface area contributed by atoms with Gasteiger partial charge in [0, 0.05) is 22.5 Å². The molecule has 0 aliphatic carbocycles. The molecule has 0 spiro atoms. The first-order valence-electron chi connectivity index (χ1n) is 6.61. The van der Waals surface area contributed by atoms with Crippen molar-refractivity contribution in [2.75, 3.05) is 0 Å². The molecule has 0 radical (unpaired) electrons. The van der Waals surface area contributed by atoms with Gasteiger partial charge in [-0.25, -0.2) is 4.98 Å². The number of hydrogen-bond donors (Lipinski definition) is 2. The molecule has 0 saturated carbocycles. The van der Waals surface area contributed by atoms with Crippen LogP contribution in [0, 0.1) is 0 Å². The van der Waals surface area contributed by atoms with E-state index in [1.54, 1.807) is 6.20 Å². The van der Waals surface area contributed by atoms with Gasteiger partial charge < -0.3 is 0 Å². The second-order valence-corrected chi connectivity index (χ2v) is 4.80. The number of hydrogen-bond acceptors (Lipinski definition) is 3. The lowest BCUT2D eigenvalue weighted by atomic mass is 10.0. The molecule has 0 bridgehead atoms. The highest BCUT2D eigenvalue weighted by Crippen LogP contribution is 2.29. The fourth-order valence-corrected chi connectivity index (χ4v) is 2.65. The van der Waals surface area contributed by atoms with Gasteiger partial charge in [0.1, 0.15) is 0 Å². The van der Waals surface area contributed by atoms with Gasteiger partial charge in [-0.15, -0.1) is 0 Å². The average Bonchev–Trinajstić information content (AvgIpc) is 3.16. The summed E-state index contributed by atoms with van der Waals surface area (Å²) in [7, 11) is 0. The molecule has 0 fully saturated rings. The van der Waals surface area contributed by atoms with E-state index in [0.29, 0.717) is 0 Å². The highest BCUT2D eigenvalue weighted by atomic mass is 15.1. The van der Waals surface area contributed by atoms with Gasteiger partial charge in [-0.3, -0.25) is 10.2 Å². The van der Waals surface area contributed by atoms with Gasteiger partial charge in [0.25, 0.3) is 0 Å². The van der Waals surface area contributed by atoms with E-state index in [1.165, 1.54) is 10.9 Å². The predicted octanol–water partition coefficient (Wildman–Crippen LogP) is 3.06. The molecule has 0 aliphatic rings. The Morgan fingerprint density at radius 2 is 2.10 bits per heavy atom. The fraction of sp³-hybridized carbons (Fsp3) is 0.133. The maximum Gasteiger partial charge on any atom is 0.0743 e. The van der Waals surface area contributed by atoms with Gasteiger partial charge in [-0.2, -0.15) is 10.2 Å². The molecule has 4 aromatic rings. The maximum atomic E-state index is 4.75. The van der Waals surface area contributed by atoms with Crippen LogP contribution in [0.1, 0.15) is 12.5 Å². The highest BCUT2D eigenvalue weighted by Gasteiger charge is 2.11. The number of aryl methyl sites for hydroxylation is 1. The SMILES string of the molecule is CCc1cc(-c2cn[nH]c2)nc2ccc3[nH]ncc3c12. The van der Waals surface area contributed by atoms with E-state index in [9.17, 15) is 0 Å². The quantitative estimate of drug-likeness (QED) is 0.584. The van der Waals surface area contributed by atoms with Crippen LogP contribution in [0.25, 0.3) is 33.1 Å². The zero-order chi connectivity index (χ0) is 13.5. The molecule has 5 nitrogen and oxygen atoms in total. The van der Waals surface area contributed by atoms with E-state index in [1.807, 2.05) is 24.5 Å². The van der Waals surface area contributed by atoms with Crippen molar-refractivity contribution in [3.8, 4) is 11.3 Å². The number of rotatable bonds is 2. The number of nitrogens with one attached hydrogen (secondary N) is 2. The Hall–Kier alpha value is -2.69. The van der Waals surface area contributed by atoms with Crippen molar-refractivity contribution >= 4 is 21.8 Å². The van der Waals surface area contributed by atoms with Crippen molar-refractivity contribution in [1.29, 1.82) is 0 Å². The Morgan fingerprint density at radius 1 is 1.15 bits per heavy atom. The van der Waals surface area contributed by atoms with Crippen LogP contribution >= 0.6 is 0 Å². The van der Waals surface area contributed by atoms with Crippen LogP contribution in [0.2, 0.25) is 0 Å². The second-order valence-electron chi connectivity index (χ2n) is 4.80. The minimum Gasteiger partial charge on any atom is -0.285 e. The summed E-state index contributed by atoms with van der Waals surface area (Å²) < 4.78 is 0. The van der Waals surface area contributed by atoms with Crippen molar-refractivity contribution < 1.29 is 0 Å². The lowest BCUT2D eigenvalue weighted by molar-refractivity contribution is 1.09. The van der Waals surface area contributed by atoms with E-state index >= 15 is 0 Å². The van der Waals surface area contributed by atoms with Crippen molar-refractivity contribution in [2.24, 2.45) is 0 Å². The Morgan fingerprint density at radius 3 is 2.90 bits per heavy atom. The van der Waals surface area contributed by atoms with Crippen LogP contribution < -0.4 is 0 Å². The Bertz CT molecular complexity index is 889. The smallest absolute Gasteiger partial charge is 0.0743 e. The Kier molecular flexibility index (Phi) is 2.32. The summed E-state index contributed by atoms with van der Waals surface area (Å²) >= 11 is 0. The van der Waals surface area contributed by atoms with E-state index in [-0.39, 0.29) is 0 Å². The molecule has 0 aliphatic heterocycles. The number of pyridine rings is 1. The fourth-order valence-electron chi connectivity index (χ4n) is 2.65. The largest absolute Gasteiger partial charge is 0.285 e. The van der Waals surface area contributed by atoms with Crippen LogP contribution in [0.4, 0.5) is 0 Å². The number of benzene rings is 1. The predicted molar refractivity (Wildman–Crippen MR) is 78.4 cm³/mol. The average molecular weight is 263 g/mol. The summed E-state index contributed by atoms with van der Waals surface area (Å²) in [5.41, 5.74) is 5.28. The van der Waals surface area contributed by atoms with Crippen molar-refractivity contribution in [3.63, 3.8) is 0 Å². The summed E-state index contributed by atoms with van der Waals surface area (Å²) in [4.78, 5) is 4.75. The third kappa shape index (κ3) is 1.53. The summed E-state index contributed by atoms with van der Waals surface area (Å²) in [5, 5.41) is 16.3. The molecule has 3 aromatic heterocycles. The van der Waals surface area contributed by atoms with Crippen LogP contribution in [0.3, 0.4) is 0 Å². The van der Waals surface area contributed by atoms with Crippen LogP contribution in [-0.4, -0.2) is 25.4 Å². The minimum absolute atomic E-state index is 0.950. The van der Waals surface area contributed by atoms with Gasteiger partial charge in [0.15, 0.2) is 0 Å². The molecule has 2 N–H and O–H groups in total. The molecule has 20 heavy (non-hydrogen) atoms. The van der Waals surface area contributed by atoms with Crippen molar-refractivity contribution in [3.05, 3.63) is 42.4 Å². The molecule has 5 heteroatoms. The zero-order valence-corrected chi connectivity index (χ0v) is 11.0. The molecule has 0 unspecified atom stereocenters. The molecule has 4 rings (SSSR count). The lowest BCUT2D eigenvalue weighted by Crippen LogP contribution is -1.91. The molecule has 1 aromatic carbocycles. The molecular formula is C15H13N5. The maximum absolute atomic E-state index is 4.75. The first-order valence-corrected chi connectivity index (χ1v) is 6.61. The highest BCUT2D eigenvalue weighted by molar-refractivity contribution is 6.06. The van der Waals surface area contributed by atoms with E-state index in [2.05, 4.69) is 33.4 Å². The van der Waals surface area contributed by atoms with Crippen LogP contribution in [0.5, 0.6) is 0 Å². The van der Waals surface area contributed by atoms with Gasteiger partial charge in [0.05, 0.1) is 29.1 Å². The molecule has 0 amide bonds. The van der Waals surface area contributed by atoms with Crippen molar-refractivity contribution in [1.82, 2.24) is 25.4 Å². The molecule has 0 saturated heterocycles. The summed E-state index contributed by atoms with van der Waals surface area (Å²) in [5.74, 6) is 0. The van der Waals surface area contributed by atoms with Crippen molar-refractivity contribution in [2.45, 2.75) is 13.3 Å². The standard InChI is InChI=1S/C15H13N5/c1-2-9-5-14(10-6-16-17-7-10)19-13-4-3-12-11(15(9)13)8-18-20-12/h3-8H,2H2,1H3,(H,16,17)(H,18,20). The van der Waals surface area contributed by atoms with Gasteiger partial charge in [-0.1, -0.05) is 6.92 Å². The topological polar surface area (TPSA) is 70.2 Å². The third-order valence-corrected chi connectivity index (χ3v) is 3.65. The normalized spacial score (nSPS) is 11.4. The molecule has 98 valence electrons. The zero-order valence-electron chi connectivity index (χ0n) is 11.0. The summed E-state index contributed by atoms with van der Waals surface area (Å²) in [6, 6.07) is 6.20. The summed E-state index contributed by atoms with van der Waals surface area (Å²) in [6.07, 6.45) is 6.48. The Balaban J connectivity index is 2.10. The summed E-state index contributed by atoms with van der Waals surface area (Å²) in [6.45, 7) is 2.16. The van der Waals surface area contributed by atoms with E-state index in [0.717, 1.165) is 34.1 Å². The van der Waals surface area contributed by atoms with Crippen LogP contribution in [0.15, 0.2) is 36.8 Å². The van der Waals surface area contributed by atoms with E-state index < -0.39 is 0 Å². The molecular weight excluding hydrogens is 250 g/mol. The van der Waals surface area contributed by atoms with Gasteiger partial charge in [-0.05, 0) is 30.2 Å². The number of nitrogens with zero attached hydrogens (tertiary/aromatic N) is 3. The van der Waals surface area contributed by atoms with Gasteiger partial charge in [0.2, 0.25) is 0 Å². The third-order valence-electron chi connectivity index (χ3n) is 3.65. The number of fused-ring (bicyclic) bond motifs is 3. The number of aromatic amines is 2.